The number of hydrogen-bond donors (Lipinski definition) is 1. The zero-order chi connectivity index (χ0) is 18.2. The fraction of sp³-hybridized carbons (Fsp3) is 0.789. The lowest BCUT2D eigenvalue weighted by molar-refractivity contribution is -0.0721. The van der Waals surface area contributed by atoms with Gasteiger partial charge in [-0.3, -0.25) is 4.68 Å². The van der Waals surface area contributed by atoms with Crippen LogP contribution in [0.5, 0.6) is 0 Å². The van der Waals surface area contributed by atoms with Crippen molar-refractivity contribution in [3.8, 4) is 0 Å². The molecule has 2 saturated heterocycles. The number of nitrogens with zero attached hydrogens (tertiary/aromatic N) is 4. The van der Waals surface area contributed by atoms with Gasteiger partial charge in [-0.25, -0.2) is 4.99 Å². The van der Waals surface area contributed by atoms with E-state index in [0.717, 1.165) is 63.6 Å². The molecule has 0 spiro atoms. The van der Waals surface area contributed by atoms with Crippen LogP contribution in [-0.2, 0) is 23.1 Å². The largest absolute Gasteiger partial charge is 0.376 e. The van der Waals surface area contributed by atoms with Gasteiger partial charge in [0.25, 0.3) is 0 Å². The quantitative estimate of drug-likeness (QED) is 0.377. The highest BCUT2D eigenvalue weighted by molar-refractivity contribution is 14.0. The number of guanidine groups is 1. The number of aryl methyl sites for hydroxylation is 1. The molecular formula is C19H34IN5O2. The number of likely N-dealkylation sites (tertiary alicyclic amines) is 1. The highest BCUT2D eigenvalue weighted by Crippen LogP contribution is 2.18. The molecule has 0 amide bonds. The Hall–Kier alpha value is -0.870. The molecule has 1 aromatic heterocycles. The van der Waals surface area contributed by atoms with Gasteiger partial charge in [0.05, 0.1) is 31.6 Å². The summed E-state index contributed by atoms with van der Waals surface area (Å²) >= 11 is 0. The minimum atomic E-state index is 0. The molecule has 27 heavy (non-hydrogen) atoms. The van der Waals surface area contributed by atoms with Crippen molar-refractivity contribution in [1.29, 1.82) is 0 Å². The Bertz CT molecular complexity index is 566. The maximum atomic E-state index is 6.12. The van der Waals surface area contributed by atoms with Gasteiger partial charge in [-0.15, -0.1) is 24.0 Å². The summed E-state index contributed by atoms with van der Waals surface area (Å²) in [6.45, 7) is 7.25. The number of halogens is 1. The second-order valence-corrected chi connectivity index (χ2v) is 7.20. The molecule has 154 valence electrons. The smallest absolute Gasteiger partial charge is 0.194 e. The number of ether oxygens (including phenoxy) is 2. The maximum absolute atomic E-state index is 6.12. The van der Waals surface area contributed by atoms with E-state index in [1.54, 1.807) is 0 Å². The second kappa shape index (κ2) is 11.9. The molecule has 3 rings (SSSR count). The molecule has 1 aromatic rings. The third kappa shape index (κ3) is 7.23. The Kier molecular flexibility index (Phi) is 9.84. The Morgan fingerprint density at radius 3 is 2.78 bits per heavy atom. The standard InChI is InChI=1S/C19H33N5O2.HI/c1-3-20-19(21-12-16-13-22-23(2)14-16)24-9-7-17(8-10-24)26-15-18-6-4-5-11-25-18;/h13-14,17-18H,3-12,15H2,1-2H3,(H,20,21);1H. The average Bonchev–Trinajstić information content (AvgIpc) is 3.10. The molecule has 1 N–H and O–H groups in total. The van der Waals surface area contributed by atoms with Gasteiger partial charge in [-0.2, -0.15) is 5.10 Å². The van der Waals surface area contributed by atoms with Crippen LogP contribution in [0.2, 0.25) is 0 Å². The van der Waals surface area contributed by atoms with Crippen molar-refractivity contribution in [3.05, 3.63) is 18.0 Å². The van der Waals surface area contributed by atoms with Crippen LogP contribution in [0.4, 0.5) is 0 Å². The second-order valence-electron chi connectivity index (χ2n) is 7.20. The Balaban J connectivity index is 0.00000261. The SMILES string of the molecule is CCNC(=NCc1cnn(C)c1)N1CCC(OCC2CCCCO2)CC1.I. The van der Waals surface area contributed by atoms with Gasteiger partial charge in [-0.05, 0) is 39.0 Å². The summed E-state index contributed by atoms with van der Waals surface area (Å²) in [6.07, 6.45) is 10.2. The lowest BCUT2D eigenvalue weighted by Crippen LogP contribution is -2.47. The van der Waals surface area contributed by atoms with Crippen molar-refractivity contribution in [2.24, 2.45) is 12.0 Å². The Labute approximate surface area is 179 Å². The number of aromatic nitrogens is 2. The number of rotatable bonds is 6. The first-order chi connectivity index (χ1) is 12.7. The molecule has 1 atom stereocenters. The monoisotopic (exact) mass is 491 g/mol. The summed E-state index contributed by atoms with van der Waals surface area (Å²) < 4.78 is 13.7. The third-order valence-corrected chi connectivity index (χ3v) is 5.04. The minimum Gasteiger partial charge on any atom is -0.376 e. The first kappa shape index (κ1) is 22.4. The predicted molar refractivity (Wildman–Crippen MR) is 118 cm³/mol. The molecule has 3 heterocycles. The summed E-state index contributed by atoms with van der Waals surface area (Å²) in [5.41, 5.74) is 1.13. The molecule has 0 aromatic carbocycles. The van der Waals surface area contributed by atoms with Crippen molar-refractivity contribution in [2.45, 2.75) is 57.8 Å². The molecule has 1 unspecified atom stereocenters. The van der Waals surface area contributed by atoms with E-state index < -0.39 is 0 Å². The minimum absolute atomic E-state index is 0. The zero-order valence-electron chi connectivity index (χ0n) is 16.6. The summed E-state index contributed by atoms with van der Waals surface area (Å²) in [5, 5.41) is 7.62. The number of piperidine rings is 1. The van der Waals surface area contributed by atoms with Gasteiger partial charge in [0.2, 0.25) is 0 Å². The van der Waals surface area contributed by atoms with Gasteiger partial charge < -0.3 is 19.7 Å². The van der Waals surface area contributed by atoms with Crippen LogP contribution in [0.15, 0.2) is 17.4 Å². The van der Waals surface area contributed by atoms with Crippen LogP contribution in [-0.4, -0.2) is 65.7 Å². The zero-order valence-corrected chi connectivity index (χ0v) is 18.9. The highest BCUT2D eigenvalue weighted by Gasteiger charge is 2.23. The van der Waals surface area contributed by atoms with Crippen LogP contribution in [0.1, 0.15) is 44.6 Å². The lowest BCUT2D eigenvalue weighted by Gasteiger charge is -2.35. The molecular weight excluding hydrogens is 457 g/mol. The van der Waals surface area contributed by atoms with Gasteiger partial charge in [0, 0.05) is 45.0 Å². The van der Waals surface area contributed by atoms with Gasteiger partial charge in [0.15, 0.2) is 5.96 Å². The molecule has 0 radical (unpaired) electrons. The number of nitrogens with one attached hydrogen (secondary N) is 1. The Morgan fingerprint density at radius 2 is 2.15 bits per heavy atom. The predicted octanol–water partition coefficient (Wildman–Crippen LogP) is 2.55. The normalized spacial score (nSPS) is 21.8. The highest BCUT2D eigenvalue weighted by atomic mass is 127. The van der Waals surface area contributed by atoms with E-state index in [2.05, 4.69) is 22.2 Å². The summed E-state index contributed by atoms with van der Waals surface area (Å²) in [6, 6.07) is 0. The first-order valence-electron chi connectivity index (χ1n) is 9.98. The van der Waals surface area contributed by atoms with Crippen LogP contribution in [0.3, 0.4) is 0 Å². The molecule has 0 bridgehead atoms. The molecule has 0 aliphatic carbocycles. The van der Waals surface area contributed by atoms with Crippen LogP contribution < -0.4 is 5.32 Å². The van der Waals surface area contributed by atoms with Crippen molar-refractivity contribution < 1.29 is 9.47 Å². The molecule has 2 fully saturated rings. The van der Waals surface area contributed by atoms with E-state index in [9.17, 15) is 0 Å². The average molecular weight is 491 g/mol. The van der Waals surface area contributed by atoms with E-state index in [-0.39, 0.29) is 24.0 Å². The van der Waals surface area contributed by atoms with E-state index in [1.807, 2.05) is 24.1 Å². The molecule has 2 aliphatic heterocycles. The fourth-order valence-corrected chi connectivity index (χ4v) is 3.56. The van der Waals surface area contributed by atoms with Crippen molar-refractivity contribution in [3.63, 3.8) is 0 Å². The van der Waals surface area contributed by atoms with Crippen molar-refractivity contribution >= 4 is 29.9 Å². The number of hydrogen-bond acceptors (Lipinski definition) is 4. The topological polar surface area (TPSA) is 63.9 Å². The molecule has 8 heteroatoms. The fourth-order valence-electron chi connectivity index (χ4n) is 3.56. The molecule has 7 nitrogen and oxygen atoms in total. The van der Waals surface area contributed by atoms with Crippen LogP contribution >= 0.6 is 24.0 Å². The Morgan fingerprint density at radius 1 is 1.33 bits per heavy atom. The van der Waals surface area contributed by atoms with E-state index in [0.29, 0.717) is 18.8 Å². The third-order valence-electron chi connectivity index (χ3n) is 5.04. The van der Waals surface area contributed by atoms with E-state index >= 15 is 0 Å². The van der Waals surface area contributed by atoms with Gasteiger partial charge in [0.1, 0.15) is 0 Å². The number of aliphatic imine (C=N–C) groups is 1. The van der Waals surface area contributed by atoms with Crippen LogP contribution in [0.25, 0.3) is 0 Å². The first-order valence-corrected chi connectivity index (χ1v) is 9.98. The van der Waals surface area contributed by atoms with Crippen molar-refractivity contribution in [2.75, 3.05) is 32.8 Å². The maximum Gasteiger partial charge on any atom is 0.194 e. The van der Waals surface area contributed by atoms with Crippen molar-refractivity contribution in [1.82, 2.24) is 20.0 Å². The van der Waals surface area contributed by atoms with E-state index in [1.165, 1.54) is 12.8 Å². The summed E-state index contributed by atoms with van der Waals surface area (Å²) in [4.78, 5) is 7.13. The van der Waals surface area contributed by atoms with Gasteiger partial charge >= 0.3 is 0 Å². The lowest BCUT2D eigenvalue weighted by atomic mass is 10.1. The molecule has 2 aliphatic rings. The van der Waals surface area contributed by atoms with Crippen LogP contribution in [0, 0.1) is 0 Å². The summed E-state index contributed by atoms with van der Waals surface area (Å²) in [5.74, 6) is 0.991. The molecule has 0 saturated carbocycles. The van der Waals surface area contributed by atoms with Gasteiger partial charge in [-0.1, -0.05) is 0 Å². The summed E-state index contributed by atoms with van der Waals surface area (Å²) in [7, 11) is 1.93. The van der Waals surface area contributed by atoms with E-state index in [4.69, 9.17) is 14.5 Å².